The number of benzene rings is 1. The van der Waals surface area contributed by atoms with Crippen molar-refractivity contribution in [2.75, 3.05) is 5.73 Å². The van der Waals surface area contributed by atoms with Crippen molar-refractivity contribution in [1.82, 2.24) is 9.55 Å². The van der Waals surface area contributed by atoms with Crippen LogP contribution in [0.4, 0.5) is 5.69 Å². The van der Waals surface area contributed by atoms with Crippen molar-refractivity contribution in [3.63, 3.8) is 0 Å². The lowest BCUT2D eigenvalue weighted by molar-refractivity contribution is 0.787. The largest absolute Gasteiger partial charge is 0.398 e. The number of nitrogens with two attached hydrogens (primary N) is 1. The van der Waals surface area contributed by atoms with Gasteiger partial charge in [-0.05, 0) is 11.6 Å². The Hall–Kier alpha value is -2.79. The number of anilines is 1. The molecule has 0 fully saturated rings. The third-order valence-electron chi connectivity index (χ3n) is 2.45. The van der Waals surface area contributed by atoms with Crippen LogP contribution in [0.25, 0.3) is 0 Å². The standard InChI is InChI=1S/C12H9N5/c13-5-11-12(6-14)17(8-16-11)7-9-3-1-2-4-10(9)15/h1-4,8H,7,15H2. The second-order valence-corrected chi connectivity index (χ2v) is 3.49. The van der Waals surface area contributed by atoms with E-state index in [4.69, 9.17) is 16.3 Å². The fourth-order valence-corrected chi connectivity index (χ4v) is 1.56. The molecular formula is C12H9N5. The van der Waals surface area contributed by atoms with Crippen LogP contribution in [0.3, 0.4) is 0 Å². The van der Waals surface area contributed by atoms with E-state index in [9.17, 15) is 0 Å². The second kappa shape index (κ2) is 4.38. The SMILES string of the molecule is N#Cc1ncn(Cc2ccccc2N)c1C#N. The molecular weight excluding hydrogens is 214 g/mol. The zero-order valence-corrected chi connectivity index (χ0v) is 8.96. The van der Waals surface area contributed by atoms with Crippen LogP contribution in [-0.4, -0.2) is 9.55 Å². The van der Waals surface area contributed by atoms with Gasteiger partial charge in [-0.1, -0.05) is 18.2 Å². The average Bonchev–Trinajstić information content (AvgIpc) is 2.74. The maximum absolute atomic E-state index is 8.97. The van der Waals surface area contributed by atoms with E-state index in [1.807, 2.05) is 30.3 Å². The lowest BCUT2D eigenvalue weighted by Crippen LogP contribution is -2.04. The van der Waals surface area contributed by atoms with Crippen LogP contribution in [0.2, 0.25) is 0 Å². The quantitative estimate of drug-likeness (QED) is 0.775. The molecule has 1 aromatic heterocycles. The third kappa shape index (κ3) is 1.95. The van der Waals surface area contributed by atoms with Gasteiger partial charge in [-0.2, -0.15) is 10.5 Å². The van der Waals surface area contributed by atoms with Crippen molar-refractivity contribution >= 4 is 5.69 Å². The fourth-order valence-electron chi connectivity index (χ4n) is 1.56. The van der Waals surface area contributed by atoms with Crippen molar-refractivity contribution in [1.29, 1.82) is 10.5 Å². The van der Waals surface area contributed by atoms with Gasteiger partial charge in [0.25, 0.3) is 0 Å². The average molecular weight is 223 g/mol. The summed E-state index contributed by atoms with van der Waals surface area (Å²) in [5.41, 5.74) is 7.77. The minimum atomic E-state index is 0.141. The molecule has 17 heavy (non-hydrogen) atoms. The number of rotatable bonds is 2. The number of nitrogens with zero attached hydrogens (tertiary/aromatic N) is 4. The third-order valence-corrected chi connectivity index (χ3v) is 2.45. The van der Waals surface area contributed by atoms with Crippen molar-refractivity contribution in [3.8, 4) is 12.1 Å². The first kappa shape index (κ1) is 10.7. The Morgan fingerprint density at radius 2 is 2.00 bits per heavy atom. The van der Waals surface area contributed by atoms with Crippen LogP contribution in [0.1, 0.15) is 17.0 Å². The summed E-state index contributed by atoms with van der Waals surface area (Å²) in [6.07, 6.45) is 1.48. The summed E-state index contributed by atoms with van der Waals surface area (Å²) in [7, 11) is 0. The molecule has 5 heteroatoms. The molecule has 0 aliphatic carbocycles. The predicted molar refractivity (Wildman–Crippen MR) is 61.6 cm³/mol. The highest BCUT2D eigenvalue weighted by atomic mass is 15.1. The smallest absolute Gasteiger partial charge is 0.176 e. The lowest BCUT2D eigenvalue weighted by Gasteiger charge is -2.06. The Labute approximate surface area is 98.3 Å². The molecule has 0 unspecified atom stereocenters. The zero-order valence-electron chi connectivity index (χ0n) is 8.96. The summed E-state index contributed by atoms with van der Waals surface area (Å²) in [4.78, 5) is 3.87. The number of hydrogen-bond acceptors (Lipinski definition) is 4. The summed E-state index contributed by atoms with van der Waals surface area (Å²) in [5, 5.41) is 17.8. The van der Waals surface area contributed by atoms with E-state index < -0.39 is 0 Å². The molecule has 0 radical (unpaired) electrons. The van der Waals surface area contributed by atoms with Gasteiger partial charge in [-0.25, -0.2) is 4.98 Å². The molecule has 1 heterocycles. The fraction of sp³-hybridized carbons (Fsp3) is 0.0833. The molecule has 0 amide bonds. The Balaban J connectivity index is 2.39. The van der Waals surface area contributed by atoms with Gasteiger partial charge in [0.2, 0.25) is 0 Å². The van der Waals surface area contributed by atoms with Gasteiger partial charge in [0, 0.05) is 5.69 Å². The molecule has 0 atom stereocenters. The summed E-state index contributed by atoms with van der Waals surface area (Å²) in [6.45, 7) is 0.435. The van der Waals surface area contributed by atoms with Crippen LogP contribution in [-0.2, 0) is 6.54 Å². The molecule has 82 valence electrons. The van der Waals surface area contributed by atoms with E-state index in [-0.39, 0.29) is 11.4 Å². The second-order valence-electron chi connectivity index (χ2n) is 3.49. The van der Waals surface area contributed by atoms with Crippen molar-refractivity contribution in [2.24, 2.45) is 0 Å². The van der Waals surface area contributed by atoms with Gasteiger partial charge < -0.3 is 10.3 Å². The highest BCUT2D eigenvalue weighted by Gasteiger charge is 2.10. The molecule has 1 aromatic carbocycles. The van der Waals surface area contributed by atoms with E-state index >= 15 is 0 Å². The molecule has 0 spiro atoms. The molecule has 5 nitrogen and oxygen atoms in total. The molecule has 0 saturated carbocycles. The Bertz CT molecular complexity index is 627. The molecule has 2 rings (SSSR count). The van der Waals surface area contributed by atoms with Crippen LogP contribution in [0, 0.1) is 22.7 Å². The number of nitrogen functional groups attached to an aromatic ring is 1. The Morgan fingerprint density at radius 1 is 1.24 bits per heavy atom. The molecule has 0 aliphatic heterocycles. The molecule has 0 bridgehead atoms. The van der Waals surface area contributed by atoms with Gasteiger partial charge in [0.05, 0.1) is 12.9 Å². The van der Waals surface area contributed by atoms with Crippen molar-refractivity contribution in [2.45, 2.75) is 6.54 Å². The first-order chi connectivity index (χ1) is 8.26. The number of imidazole rings is 1. The topological polar surface area (TPSA) is 91.4 Å². The van der Waals surface area contributed by atoms with E-state index in [2.05, 4.69) is 4.98 Å². The highest BCUT2D eigenvalue weighted by molar-refractivity contribution is 5.47. The predicted octanol–water partition coefficient (Wildman–Crippen LogP) is 1.26. The van der Waals surface area contributed by atoms with Crippen LogP contribution < -0.4 is 5.73 Å². The molecule has 2 aromatic rings. The van der Waals surface area contributed by atoms with Crippen LogP contribution in [0.5, 0.6) is 0 Å². The first-order valence-corrected chi connectivity index (χ1v) is 4.95. The van der Waals surface area contributed by atoms with E-state index in [1.165, 1.54) is 6.33 Å². The molecule has 0 aliphatic rings. The Morgan fingerprint density at radius 3 is 2.65 bits per heavy atom. The van der Waals surface area contributed by atoms with E-state index in [1.54, 1.807) is 10.6 Å². The maximum atomic E-state index is 8.97. The van der Waals surface area contributed by atoms with Gasteiger partial charge in [0.1, 0.15) is 12.1 Å². The number of aromatic nitrogens is 2. The molecule has 0 saturated heterocycles. The highest BCUT2D eigenvalue weighted by Crippen LogP contribution is 2.14. The van der Waals surface area contributed by atoms with Gasteiger partial charge >= 0.3 is 0 Å². The maximum Gasteiger partial charge on any atom is 0.176 e. The normalized spacial score (nSPS) is 9.53. The summed E-state index contributed by atoms with van der Waals surface area (Å²) in [5.74, 6) is 0. The van der Waals surface area contributed by atoms with Crippen LogP contribution in [0.15, 0.2) is 30.6 Å². The van der Waals surface area contributed by atoms with Crippen molar-refractivity contribution < 1.29 is 0 Å². The van der Waals surface area contributed by atoms with Crippen LogP contribution >= 0.6 is 0 Å². The minimum Gasteiger partial charge on any atom is -0.398 e. The summed E-state index contributed by atoms with van der Waals surface area (Å²) < 4.78 is 1.62. The lowest BCUT2D eigenvalue weighted by atomic mass is 10.2. The first-order valence-electron chi connectivity index (χ1n) is 4.95. The van der Waals surface area contributed by atoms with E-state index in [0.29, 0.717) is 12.2 Å². The van der Waals surface area contributed by atoms with Crippen molar-refractivity contribution in [3.05, 3.63) is 47.5 Å². The number of hydrogen-bond donors (Lipinski definition) is 1. The van der Waals surface area contributed by atoms with Gasteiger partial charge in [-0.3, -0.25) is 0 Å². The Kier molecular flexibility index (Phi) is 2.76. The monoisotopic (exact) mass is 223 g/mol. The molecule has 2 N–H and O–H groups in total. The number of para-hydroxylation sites is 1. The van der Waals surface area contributed by atoms with E-state index in [0.717, 1.165) is 5.56 Å². The number of nitriles is 2. The minimum absolute atomic E-state index is 0.141. The zero-order chi connectivity index (χ0) is 12.3. The summed E-state index contributed by atoms with van der Waals surface area (Å²) >= 11 is 0. The van der Waals surface area contributed by atoms with Gasteiger partial charge in [-0.15, -0.1) is 0 Å². The summed E-state index contributed by atoms with van der Waals surface area (Å²) in [6, 6.07) is 11.2. The van der Waals surface area contributed by atoms with Gasteiger partial charge in [0.15, 0.2) is 11.4 Å².